The van der Waals surface area contributed by atoms with Gasteiger partial charge in [-0.25, -0.2) is 0 Å². The van der Waals surface area contributed by atoms with Gasteiger partial charge in [0.2, 0.25) is 5.91 Å². The predicted octanol–water partition coefficient (Wildman–Crippen LogP) is 3.78. The number of amides is 1. The van der Waals surface area contributed by atoms with Gasteiger partial charge in [0.25, 0.3) is 0 Å². The van der Waals surface area contributed by atoms with Crippen LogP contribution >= 0.6 is 11.3 Å². The molecule has 0 aliphatic heterocycles. The smallest absolute Gasteiger partial charge is 0.244 e. The molecule has 0 fully saturated rings. The van der Waals surface area contributed by atoms with Crippen molar-refractivity contribution >= 4 is 34.2 Å². The number of benzene rings is 1. The summed E-state index contributed by atoms with van der Waals surface area (Å²) in [5, 5.41) is 4.21. The van der Waals surface area contributed by atoms with Crippen LogP contribution in [0.1, 0.15) is 23.3 Å². The van der Waals surface area contributed by atoms with E-state index in [2.05, 4.69) is 39.7 Å². The molecule has 2 N–H and O–H groups in total. The highest BCUT2D eigenvalue weighted by atomic mass is 32.1. The normalized spacial score (nSPS) is 11.3. The molecule has 0 unspecified atom stereocenters. The van der Waals surface area contributed by atoms with E-state index < -0.39 is 0 Å². The van der Waals surface area contributed by atoms with Gasteiger partial charge < -0.3 is 10.3 Å². The van der Waals surface area contributed by atoms with Gasteiger partial charge in [0.05, 0.1) is 5.51 Å². The van der Waals surface area contributed by atoms with Crippen molar-refractivity contribution in [3.63, 3.8) is 0 Å². The Kier molecular flexibility index (Phi) is 5.21. The Hall–Kier alpha value is -2.40. The Labute approximate surface area is 139 Å². The summed E-state index contributed by atoms with van der Waals surface area (Å²) in [6.07, 6.45) is 10.2. The van der Waals surface area contributed by atoms with Crippen LogP contribution in [0, 0.1) is 0 Å². The van der Waals surface area contributed by atoms with Gasteiger partial charge in [0.15, 0.2) is 0 Å². The molecular weight excluding hydrogens is 306 g/mol. The number of hydrogen-bond acceptors (Lipinski definition) is 3. The maximum atomic E-state index is 11.7. The van der Waals surface area contributed by atoms with Gasteiger partial charge in [-0.2, -0.15) is 0 Å². The van der Waals surface area contributed by atoms with Crippen molar-refractivity contribution in [1.29, 1.82) is 0 Å². The second-order valence-electron chi connectivity index (χ2n) is 5.34. The van der Waals surface area contributed by atoms with Crippen LogP contribution in [0.4, 0.5) is 0 Å². The summed E-state index contributed by atoms with van der Waals surface area (Å²) in [7, 11) is 0. The van der Waals surface area contributed by atoms with E-state index in [1.54, 1.807) is 23.9 Å². The van der Waals surface area contributed by atoms with Crippen LogP contribution in [0.2, 0.25) is 0 Å². The topological polar surface area (TPSA) is 57.8 Å². The number of carbonyl (C=O) groups excluding carboxylic acids is 1. The summed E-state index contributed by atoms with van der Waals surface area (Å²) in [6.45, 7) is 0.703. The highest BCUT2D eigenvalue weighted by molar-refractivity contribution is 7.10. The van der Waals surface area contributed by atoms with Gasteiger partial charge in [-0.15, -0.1) is 11.3 Å². The largest absolute Gasteiger partial charge is 0.361 e. The molecule has 0 radical (unpaired) electrons. The Morgan fingerprint density at radius 2 is 2.22 bits per heavy atom. The molecule has 0 saturated heterocycles. The number of carbonyl (C=O) groups is 1. The fourth-order valence-electron chi connectivity index (χ4n) is 2.52. The van der Waals surface area contributed by atoms with Crippen molar-refractivity contribution in [3.8, 4) is 0 Å². The number of rotatable bonds is 7. The summed E-state index contributed by atoms with van der Waals surface area (Å²) >= 11 is 1.52. The third-order valence-corrected chi connectivity index (χ3v) is 4.44. The standard InChI is InChI=1S/C18H19N3OS/c22-18(9-8-15-12-19-13-23-15)20-10-4-3-5-14-11-21-17-7-2-1-6-16(14)17/h1-2,6-9,11-13,21H,3-5,10H2,(H,20,22)/b9-8+. The lowest BCUT2D eigenvalue weighted by Gasteiger charge is -2.02. The number of H-pyrrole nitrogens is 1. The van der Waals surface area contributed by atoms with E-state index in [1.807, 2.05) is 6.07 Å². The summed E-state index contributed by atoms with van der Waals surface area (Å²) in [4.78, 5) is 19.9. The minimum absolute atomic E-state index is 0.0505. The van der Waals surface area contributed by atoms with Gasteiger partial charge >= 0.3 is 0 Å². The van der Waals surface area contributed by atoms with Gasteiger partial charge in [0.1, 0.15) is 0 Å². The van der Waals surface area contributed by atoms with Crippen molar-refractivity contribution < 1.29 is 4.79 Å². The zero-order valence-electron chi connectivity index (χ0n) is 12.8. The van der Waals surface area contributed by atoms with Crippen molar-refractivity contribution in [2.24, 2.45) is 0 Å². The highest BCUT2D eigenvalue weighted by Gasteiger charge is 2.02. The van der Waals surface area contributed by atoms with Crippen LogP contribution in [0.25, 0.3) is 17.0 Å². The number of aryl methyl sites for hydroxylation is 1. The van der Waals surface area contributed by atoms with E-state index in [4.69, 9.17) is 0 Å². The lowest BCUT2D eigenvalue weighted by molar-refractivity contribution is -0.116. The minimum atomic E-state index is -0.0505. The van der Waals surface area contributed by atoms with E-state index in [-0.39, 0.29) is 5.91 Å². The number of nitrogens with one attached hydrogen (secondary N) is 2. The van der Waals surface area contributed by atoms with Gasteiger partial charge in [-0.05, 0) is 37.0 Å². The Morgan fingerprint density at radius 3 is 3.09 bits per heavy atom. The summed E-state index contributed by atoms with van der Waals surface area (Å²) in [6, 6.07) is 8.34. The average molecular weight is 325 g/mol. The first kappa shape index (κ1) is 15.5. The molecule has 0 bridgehead atoms. The zero-order valence-corrected chi connectivity index (χ0v) is 13.6. The van der Waals surface area contributed by atoms with Crippen LogP contribution in [0.3, 0.4) is 0 Å². The lowest BCUT2D eigenvalue weighted by atomic mass is 10.1. The van der Waals surface area contributed by atoms with Crippen molar-refractivity contribution in [2.45, 2.75) is 19.3 Å². The van der Waals surface area contributed by atoms with E-state index in [0.29, 0.717) is 6.54 Å². The number of unbranched alkanes of at least 4 members (excludes halogenated alkanes) is 1. The summed E-state index contributed by atoms with van der Waals surface area (Å²) in [5.74, 6) is -0.0505. The van der Waals surface area contributed by atoms with Crippen LogP contribution in [0.15, 0.2) is 48.2 Å². The highest BCUT2D eigenvalue weighted by Crippen LogP contribution is 2.19. The average Bonchev–Trinajstić information content (AvgIpc) is 3.22. The maximum Gasteiger partial charge on any atom is 0.244 e. The van der Waals surface area contributed by atoms with Crippen molar-refractivity contribution in [2.75, 3.05) is 6.54 Å². The molecular formula is C18H19N3OS. The second kappa shape index (κ2) is 7.74. The number of nitrogens with zero attached hydrogens (tertiary/aromatic N) is 1. The number of aromatic nitrogens is 2. The molecule has 0 aliphatic carbocycles. The van der Waals surface area contributed by atoms with Crippen LogP contribution < -0.4 is 5.32 Å². The van der Waals surface area contributed by atoms with Gasteiger partial charge in [-0.1, -0.05) is 18.2 Å². The third-order valence-electron chi connectivity index (χ3n) is 3.70. The first-order chi connectivity index (χ1) is 11.3. The molecule has 2 aromatic heterocycles. The van der Waals surface area contributed by atoms with Crippen LogP contribution in [-0.4, -0.2) is 22.4 Å². The van der Waals surface area contributed by atoms with Crippen LogP contribution in [-0.2, 0) is 11.2 Å². The first-order valence-electron chi connectivity index (χ1n) is 7.72. The molecule has 118 valence electrons. The molecule has 23 heavy (non-hydrogen) atoms. The van der Waals surface area contributed by atoms with Crippen molar-refractivity contribution in [3.05, 3.63) is 58.7 Å². The zero-order chi connectivity index (χ0) is 15.9. The van der Waals surface area contributed by atoms with Gasteiger partial charge in [0, 0.05) is 40.8 Å². The number of para-hydroxylation sites is 1. The second-order valence-corrected chi connectivity index (χ2v) is 6.26. The SMILES string of the molecule is O=C(/C=C/c1cncs1)NCCCCc1c[nH]c2ccccc12. The van der Waals surface area contributed by atoms with E-state index in [1.165, 1.54) is 27.8 Å². The molecule has 0 saturated carbocycles. The number of thiazole rings is 1. The number of aromatic amines is 1. The quantitative estimate of drug-likeness (QED) is 0.513. The first-order valence-corrected chi connectivity index (χ1v) is 8.60. The molecule has 0 atom stereocenters. The van der Waals surface area contributed by atoms with E-state index in [0.717, 1.165) is 24.1 Å². The number of fused-ring (bicyclic) bond motifs is 1. The fourth-order valence-corrected chi connectivity index (χ4v) is 3.03. The Bertz CT molecular complexity index is 790. The fraction of sp³-hybridized carbons (Fsp3) is 0.222. The molecule has 3 aromatic rings. The predicted molar refractivity (Wildman–Crippen MR) is 95.4 cm³/mol. The molecule has 0 spiro atoms. The Balaban J connectivity index is 1.38. The van der Waals surface area contributed by atoms with Crippen LogP contribution in [0.5, 0.6) is 0 Å². The molecule has 3 rings (SSSR count). The Morgan fingerprint density at radius 1 is 1.30 bits per heavy atom. The maximum absolute atomic E-state index is 11.7. The molecule has 1 aromatic carbocycles. The van der Waals surface area contributed by atoms with Gasteiger partial charge in [-0.3, -0.25) is 9.78 Å². The number of hydrogen-bond donors (Lipinski definition) is 2. The molecule has 5 heteroatoms. The summed E-state index contributed by atoms with van der Waals surface area (Å²) < 4.78 is 0. The molecule has 2 heterocycles. The molecule has 4 nitrogen and oxygen atoms in total. The molecule has 0 aliphatic rings. The lowest BCUT2D eigenvalue weighted by Crippen LogP contribution is -2.22. The molecule has 1 amide bonds. The summed E-state index contributed by atoms with van der Waals surface area (Å²) in [5.41, 5.74) is 4.28. The minimum Gasteiger partial charge on any atom is -0.361 e. The van der Waals surface area contributed by atoms with Crippen molar-refractivity contribution in [1.82, 2.24) is 15.3 Å². The van der Waals surface area contributed by atoms with E-state index >= 15 is 0 Å². The monoisotopic (exact) mass is 325 g/mol. The third kappa shape index (κ3) is 4.29. The van der Waals surface area contributed by atoms with E-state index in [9.17, 15) is 4.79 Å².